The van der Waals surface area contributed by atoms with E-state index in [9.17, 15) is 14.4 Å². The van der Waals surface area contributed by atoms with E-state index in [4.69, 9.17) is 27.9 Å². The first-order chi connectivity index (χ1) is 10.4. The summed E-state index contributed by atoms with van der Waals surface area (Å²) < 4.78 is 5.41. The molecule has 2 rings (SSSR count). The van der Waals surface area contributed by atoms with Gasteiger partial charge in [0, 0.05) is 11.2 Å². The Kier molecular flexibility index (Phi) is 4.89. The van der Waals surface area contributed by atoms with Gasteiger partial charge in [0.15, 0.2) is 6.10 Å². The fraction of sp³-hybridized carbons (Fsp3) is 0.154. The number of hydrogen-bond acceptors (Lipinski definition) is 4. The van der Waals surface area contributed by atoms with E-state index in [1.807, 2.05) is 4.98 Å². The molecule has 0 aliphatic carbocycles. The highest BCUT2D eigenvalue weighted by Gasteiger charge is 2.17. The van der Waals surface area contributed by atoms with E-state index in [1.54, 1.807) is 6.07 Å². The first-order valence-electron chi connectivity index (χ1n) is 6.11. The smallest absolute Gasteiger partial charge is 0.325 e. The van der Waals surface area contributed by atoms with Crippen LogP contribution in [-0.4, -0.2) is 22.0 Å². The lowest BCUT2D eigenvalue weighted by Gasteiger charge is -2.15. The van der Waals surface area contributed by atoms with E-state index in [0.717, 1.165) is 6.20 Å². The third-order valence-corrected chi connectivity index (χ3v) is 3.17. The maximum atomic E-state index is 12.0. The number of aromatic nitrogens is 2. The number of anilines is 1. The zero-order valence-electron chi connectivity index (χ0n) is 11.3. The molecule has 0 radical (unpaired) electrons. The van der Waals surface area contributed by atoms with Crippen LogP contribution in [0.3, 0.4) is 0 Å². The zero-order valence-corrected chi connectivity index (χ0v) is 12.8. The molecule has 3 N–H and O–H groups in total. The maximum absolute atomic E-state index is 12.0. The Hall–Kier alpha value is -2.25. The van der Waals surface area contributed by atoms with Crippen LogP contribution in [0.1, 0.15) is 6.92 Å². The summed E-state index contributed by atoms with van der Waals surface area (Å²) in [7, 11) is 0. The van der Waals surface area contributed by atoms with Gasteiger partial charge in [-0.2, -0.15) is 0 Å². The molecule has 2 aromatic rings. The molecule has 1 amide bonds. The van der Waals surface area contributed by atoms with Crippen LogP contribution in [0.4, 0.5) is 5.69 Å². The molecule has 0 aliphatic rings. The maximum Gasteiger partial charge on any atom is 0.325 e. The van der Waals surface area contributed by atoms with Gasteiger partial charge < -0.3 is 15.0 Å². The third-order valence-electron chi connectivity index (χ3n) is 2.64. The molecule has 0 spiro atoms. The molecule has 0 bridgehead atoms. The van der Waals surface area contributed by atoms with Crippen LogP contribution in [0.25, 0.3) is 0 Å². The van der Waals surface area contributed by atoms with Crippen LogP contribution in [0.15, 0.2) is 34.0 Å². The minimum Gasteiger partial charge on any atom is -0.479 e. The second kappa shape index (κ2) is 6.67. The summed E-state index contributed by atoms with van der Waals surface area (Å²) in [4.78, 5) is 38.6. The van der Waals surface area contributed by atoms with Gasteiger partial charge in [-0.05, 0) is 25.1 Å². The Morgan fingerprint density at radius 2 is 2.05 bits per heavy atom. The number of nitrogens with one attached hydrogen (secondary N) is 3. The van der Waals surface area contributed by atoms with E-state index < -0.39 is 23.3 Å². The molecule has 1 aromatic heterocycles. The summed E-state index contributed by atoms with van der Waals surface area (Å²) in [5.41, 5.74) is -1.48. The number of hydrogen-bond donors (Lipinski definition) is 3. The SMILES string of the molecule is CC(Oc1ccc(Cl)cc1Cl)C(=O)Nc1c[nH]c(=O)[nH]c1=O. The van der Waals surface area contributed by atoms with Crippen molar-refractivity contribution in [2.75, 3.05) is 5.32 Å². The van der Waals surface area contributed by atoms with E-state index >= 15 is 0 Å². The lowest BCUT2D eigenvalue weighted by atomic mass is 10.3. The van der Waals surface area contributed by atoms with Crippen molar-refractivity contribution in [3.05, 3.63) is 55.3 Å². The molecule has 1 unspecified atom stereocenters. The first-order valence-corrected chi connectivity index (χ1v) is 6.87. The molecule has 116 valence electrons. The van der Waals surface area contributed by atoms with Crippen molar-refractivity contribution in [2.45, 2.75) is 13.0 Å². The topological polar surface area (TPSA) is 104 Å². The number of H-pyrrole nitrogens is 2. The van der Waals surface area contributed by atoms with Gasteiger partial charge in [0.1, 0.15) is 11.4 Å². The van der Waals surface area contributed by atoms with Crippen LogP contribution >= 0.6 is 23.2 Å². The molecular weight excluding hydrogens is 333 g/mol. The molecular formula is C13H11Cl2N3O4. The number of rotatable bonds is 4. The zero-order chi connectivity index (χ0) is 16.3. The second-order valence-electron chi connectivity index (χ2n) is 4.31. The van der Waals surface area contributed by atoms with Crippen molar-refractivity contribution in [1.29, 1.82) is 0 Å². The lowest BCUT2D eigenvalue weighted by molar-refractivity contribution is -0.122. The van der Waals surface area contributed by atoms with Crippen molar-refractivity contribution in [3.63, 3.8) is 0 Å². The monoisotopic (exact) mass is 343 g/mol. The summed E-state index contributed by atoms with van der Waals surface area (Å²) in [6.45, 7) is 1.49. The van der Waals surface area contributed by atoms with E-state index in [0.29, 0.717) is 5.02 Å². The Morgan fingerprint density at radius 1 is 1.32 bits per heavy atom. The highest BCUT2D eigenvalue weighted by atomic mass is 35.5. The Labute approximate surface area is 134 Å². The van der Waals surface area contributed by atoms with E-state index in [1.165, 1.54) is 19.1 Å². The van der Waals surface area contributed by atoms with Crippen molar-refractivity contribution in [3.8, 4) is 5.75 Å². The van der Waals surface area contributed by atoms with Gasteiger partial charge in [0.2, 0.25) is 0 Å². The molecule has 7 nitrogen and oxygen atoms in total. The summed E-state index contributed by atoms with van der Waals surface area (Å²) >= 11 is 11.7. The summed E-state index contributed by atoms with van der Waals surface area (Å²) in [6.07, 6.45) is 0.172. The van der Waals surface area contributed by atoms with Gasteiger partial charge in [-0.3, -0.25) is 14.6 Å². The molecule has 0 saturated carbocycles. The number of carbonyl (C=O) groups excluding carboxylic acids is 1. The number of ether oxygens (including phenoxy) is 1. The van der Waals surface area contributed by atoms with Crippen LogP contribution in [0.5, 0.6) is 5.75 Å². The average Bonchev–Trinajstić information content (AvgIpc) is 2.44. The van der Waals surface area contributed by atoms with Crippen LogP contribution in [0.2, 0.25) is 10.0 Å². The number of benzene rings is 1. The van der Waals surface area contributed by atoms with E-state index in [2.05, 4.69) is 10.3 Å². The van der Waals surface area contributed by atoms with Gasteiger partial charge >= 0.3 is 5.69 Å². The van der Waals surface area contributed by atoms with Crippen LogP contribution in [0, 0.1) is 0 Å². The normalized spacial score (nSPS) is 11.8. The fourth-order valence-corrected chi connectivity index (χ4v) is 2.00. The summed E-state index contributed by atoms with van der Waals surface area (Å²) in [5.74, 6) is -0.298. The Bertz CT molecular complexity index is 815. The average molecular weight is 344 g/mol. The molecule has 1 atom stereocenters. The Morgan fingerprint density at radius 3 is 2.68 bits per heavy atom. The highest BCUT2D eigenvalue weighted by Crippen LogP contribution is 2.28. The third kappa shape index (κ3) is 3.90. The van der Waals surface area contributed by atoms with Crippen molar-refractivity contribution in [1.82, 2.24) is 9.97 Å². The predicted octanol–water partition coefficient (Wildman–Crippen LogP) is 1.78. The van der Waals surface area contributed by atoms with Gasteiger partial charge in [-0.25, -0.2) is 4.79 Å². The molecule has 1 aromatic carbocycles. The number of aromatic amines is 2. The van der Waals surface area contributed by atoms with Crippen LogP contribution in [-0.2, 0) is 4.79 Å². The number of amides is 1. The van der Waals surface area contributed by atoms with Gasteiger partial charge in [-0.15, -0.1) is 0 Å². The minimum absolute atomic E-state index is 0.0951. The predicted molar refractivity (Wildman–Crippen MR) is 82.9 cm³/mol. The molecule has 22 heavy (non-hydrogen) atoms. The quantitative estimate of drug-likeness (QED) is 0.786. The van der Waals surface area contributed by atoms with Gasteiger partial charge in [-0.1, -0.05) is 23.2 Å². The number of carbonyl (C=O) groups is 1. The summed E-state index contributed by atoms with van der Waals surface area (Å²) in [5, 5.41) is 3.04. The highest BCUT2D eigenvalue weighted by molar-refractivity contribution is 6.35. The van der Waals surface area contributed by atoms with Crippen LogP contribution < -0.4 is 21.3 Å². The molecule has 1 heterocycles. The summed E-state index contributed by atoms with van der Waals surface area (Å²) in [6, 6.07) is 4.58. The largest absolute Gasteiger partial charge is 0.479 e. The molecule has 0 saturated heterocycles. The lowest BCUT2D eigenvalue weighted by Crippen LogP contribution is -2.33. The number of halogens is 2. The molecule has 0 fully saturated rings. The van der Waals surface area contributed by atoms with Crippen molar-refractivity contribution < 1.29 is 9.53 Å². The van der Waals surface area contributed by atoms with Crippen molar-refractivity contribution in [2.24, 2.45) is 0 Å². The second-order valence-corrected chi connectivity index (χ2v) is 5.15. The Balaban J connectivity index is 2.09. The molecule has 9 heteroatoms. The van der Waals surface area contributed by atoms with Crippen molar-refractivity contribution >= 4 is 34.8 Å². The van der Waals surface area contributed by atoms with Gasteiger partial charge in [0.25, 0.3) is 11.5 Å². The first kappa shape index (κ1) is 16.1. The molecule has 0 aliphatic heterocycles. The van der Waals surface area contributed by atoms with Gasteiger partial charge in [0.05, 0.1) is 5.02 Å². The van der Waals surface area contributed by atoms with E-state index in [-0.39, 0.29) is 16.5 Å². The fourth-order valence-electron chi connectivity index (χ4n) is 1.55. The minimum atomic E-state index is -0.926. The standard InChI is InChI=1S/C13H11Cl2N3O4/c1-6(22-10-3-2-7(14)4-8(10)15)11(19)17-9-5-16-13(21)18-12(9)20/h2-6H,1H3,(H,17,19)(H2,16,18,20,21).